The highest BCUT2D eigenvalue weighted by molar-refractivity contribution is 5.84. The van der Waals surface area contributed by atoms with Crippen LogP contribution in [0.1, 0.15) is 13.3 Å². The second kappa shape index (κ2) is 5.75. The number of hydrogen-bond acceptors (Lipinski definition) is 3. The molecule has 0 saturated carbocycles. The molecule has 4 nitrogen and oxygen atoms in total. The number of rotatable bonds is 3. The van der Waals surface area contributed by atoms with E-state index >= 15 is 0 Å². The van der Waals surface area contributed by atoms with E-state index in [9.17, 15) is 4.79 Å². The van der Waals surface area contributed by atoms with Crippen LogP contribution in [0.15, 0.2) is 35.5 Å². The van der Waals surface area contributed by atoms with Crippen molar-refractivity contribution in [1.82, 2.24) is 0 Å². The van der Waals surface area contributed by atoms with Crippen molar-refractivity contribution in [2.24, 2.45) is 5.16 Å². The van der Waals surface area contributed by atoms with Crippen LogP contribution in [0.4, 0.5) is 10.5 Å². The summed E-state index contributed by atoms with van der Waals surface area (Å²) in [7, 11) is 0. The van der Waals surface area contributed by atoms with Crippen molar-refractivity contribution < 1.29 is 9.63 Å². The topological polar surface area (TPSA) is 50.7 Å². The van der Waals surface area contributed by atoms with Crippen LogP contribution in [0, 0.1) is 0 Å². The standard InChI is InChI=1S/C10H12N2O2/c1-2-8-11-14-10(13)12-9-6-4-3-5-7-9/h3-8H,2H2,1H3,(H,12,13)/b11-8+. The van der Waals surface area contributed by atoms with E-state index in [2.05, 4.69) is 15.3 Å². The Hall–Kier alpha value is -1.84. The van der Waals surface area contributed by atoms with Gasteiger partial charge in [-0.1, -0.05) is 30.3 Å². The Kier molecular flexibility index (Phi) is 4.20. The second-order valence-electron chi connectivity index (χ2n) is 2.57. The first-order valence-corrected chi connectivity index (χ1v) is 4.38. The number of benzene rings is 1. The molecule has 0 spiro atoms. The molecule has 0 aromatic heterocycles. The van der Waals surface area contributed by atoms with Gasteiger partial charge < -0.3 is 0 Å². The fourth-order valence-electron chi connectivity index (χ4n) is 0.822. The average molecular weight is 192 g/mol. The van der Waals surface area contributed by atoms with Crippen molar-refractivity contribution in [3.8, 4) is 0 Å². The summed E-state index contributed by atoms with van der Waals surface area (Å²) in [4.78, 5) is 15.5. The first-order chi connectivity index (χ1) is 6.83. The number of carbonyl (C=O) groups excluding carboxylic acids is 1. The van der Waals surface area contributed by atoms with E-state index in [0.717, 1.165) is 6.42 Å². The molecule has 0 heterocycles. The third-order valence-corrected chi connectivity index (χ3v) is 1.41. The zero-order valence-corrected chi connectivity index (χ0v) is 7.93. The van der Waals surface area contributed by atoms with Crippen LogP contribution in [-0.2, 0) is 4.84 Å². The summed E-state index contributed by atoms with van der Waals surface area (Å²) in [6, 6.07) is 9.05. The quantitative estimate of drug-likeness (QED) is 0.454. The van der Waals surface area contributed by atoms with Crippen molar-refractivity contribution in [2.75, 3.05) is 5.32 Å². The first kappa shape index (κ1) is 10.2. The first-order valence-electron chi connectivity index (χ1n) is 4.38. The number of anilines is 1. The SMILES string of the molecule is CC/C=N/OC(=O)Nc1ccccc1. The number of nitrogens with zero attached hydrogens (tertiary/aromatic N) is 1. The number of nitrogens with one attached hydrogen (secondary N) is 1. The van der Waals surface area contributed by atoms with E-state index in [-0.39, 0.29) is 0 Å². The van der Waals surface area contributed by atoms with E-state index in [1.165, 1.54) is 6.21 Å². The Bertz CT molecular complexity index is 309. The molecule has 0 aliphatic rings. The van der Waals surface area contributed by atoms with Crippen LogP contribution in [-0.4, -0.2) is 12.3 Å². The number of amides is 1. The molecule has 1 rings (SSSR count). The fraction of sp³-hybridized carbons (Fsp3) is 0.200. The molecule has 74 valence electrons. The summed E-state index contributed by atoms with van der Waals surface area (Å²) in [5.41, 5.74) is 0.684. The number of hydrogen-bond donors (Lipinski definition) is 1. The predicted molar refractivity (Wildman–Crippen MR) is 55.3 cm³/mol. The van der Waals surface area contributed by atoms with Gasteiger partial charge in [0.25, 0.3) is 0 Å². The third kappa shape index (κ3) is 3.71. The summed E-state index contributed by atoms with van der Waals surface area (Å²) >= 11 is 0. The highest BCUT2D eigenvalue weighted by Gasteiger charge is 2.00. The second-order valence-corrected chi connectivity index (χ2v) is 2.57. The van der Waals surface area contributed by atoms with Crippen LogP contribution >= 0.6 is 0 Å². The van der Waals surface area contributed by atoms with Gasteiger partial charge in [0.2, 0.25) is 0 Å². The molecule has 0 aliphatic heterocycles. The highest BCUT2D eigenvalue weighted by Crippen LogP contribution is 2.04. The van der Waals surface area contributed by atoms with Crippen LogP contribution in [0.2, 0.25) is 0 Å². The van der Waals surface area contributed by atoms with Gasteiger partial charge in [0.1, 0.15) is 0 Å². The number of para-hydroxylation sites is 1. The molecule has 0 unspecified atom stereocenters. The maximum atomic E-state index is 11.0. The highest BCUT2D eigenvalue weighted by atomic mass is 16.7. The van der Waals surface area contributed by atoms with Gasteiger partial charge in [-0.3, -0.25) is 10.2 Å². The van der Waals surface area contributed by atoms with Crippen LogP contribution < -0.4 is 5.32 Å². The van der Waals surface area contributed by atoms with E-state index in [4.69, 9.17) is 0 Å². The molecular weight excluding hydrogens is 180 g/mol. The smallest absolute Gasteiger partial charge is 0.298 e. The Morgan fingerprint density at radius 1 is 1.50 bits per heavy atom. The van der Waals surface area contributed by atoms with Gasteiger partial charge in [-0.15, -0.1) is 0 Å². The van der Waals surface area contributed by atoms with Crippen molar-refractivity contribution >= 4 is 18.0 Å². The lowest BCUT2D eigenvalue weighted by atomic mass is 10.3. The van der Waals surface area contributed by atoms with Gasteiger partial charge in [-0.05, 0) is 18.6 Å². The molecule has 4 heteroatoms. The molecular formula is C10H12N2O2. The molecule has 1 amide bonds. The molecule has 1 aromatic carbocycles. The lowest BCUT2D eigenvalue weighted by Gasteiger charge is -2.00. The molecule has 0 saturated heterocycles. The van der Waals surface area contributed by atoms with Gasteiger partial charge in [-0.25, -0.2) is 4.79 Å². The van der Waals surface area contributed by atoms with E-state index < -0.39 is 6.09 Å². The lowest BCUT2D eigenvalue weighted by Crippen LogP contribution is -2.10. The van der Waals surface area contributed by atoms with Gasteiger partial charge in [0.05, 0.1) is 0 Å². The normalized spacial score (nSPS) is 10.1. The number of carbonyl (C=O) groups is 1. The largest absolute Gasteiger partial charge is 0.437 e. The van der Waals surface area contributed by atoms with Crippen molar-refractivity contribution in [3.05, 3.63) is 30.3 Å². The van der Waals surface area contributed by atoms with E-state index in [0.29, 0.717) is 5.69 Å². The molecule has 0 radical (unpaired) electrons. The molecule has 0 atom stereocenters. The van der Waals surface area contributed by atoms with Crippen LogP contribution in [0.5, 0.6) is 0 Å². The molecule has 1 N–H and O–H groups in total. The minimum Gasteiger partial charge on any atom is -0.298 e. The third-order valence-electron chi connectivity index (χ3n) is 1.41. The Morgan fingerprint density at radius 3 is 2.86 bits per heavy atom. The Balaban J connectivity index is 2.38. The molecule has 1 aromatic rings. The minimum atomic E-state index is -0.582. The van der Waals surface area contributed by atoms with Crippen molar-refractivity contribution in [2.45, 2.75) is 13.3 Å². The lowest BCUT2D eigenvalue weighted by molar-refractivity contribution is 0.167. The molecule has 0 bridgehead atoms. The summed E-state index contributed by atoms with van der Waals surface area (Å²) < 4.78 is 0. The summed E-state index contributed by atoms with van der Waals surface area (Å²) in [6.45, 7) is 1.90. The minimum absolute atomic E-state index is 0.582. The van der Waals surface area contributed by atoms with Crippen molar-refractivity contribution in [1.29, 1.82) is 0 Å². The monoisotopic (exact) mass is 192 g/mol. The zero-order valence-electron chi connectivity index (χ0n) is 7.93. The fourth-order valence-corrected chi connectivity index (χ4v) is 0.822. The zero-order chi connectivity index (χ0) is 10.2. The number of oxime groups is 1. The summed E-state index contributed by atoms with van der Waals surface area (Å²) in [6.07, 6.45) is 1.67. The average Bonchev–Trinajstić information content (AvgIpc) is 2.20. The summed E-state index contributed by atoms with van der Waals surface area (Å²) in [5.74, 6) is 0. The molecule has 0 aliphatic carbocycles. The Labute approximate surface area is 82.6 Å². The van der Waals surface area contributed by atoms with Crippen LogP contribution in [0.25, 0.3) is 0 Å². The van der Waals surface area contributed by atoms with Gasteiger partial charge in [-0.2, -0.15) is 0 Å². The molecule has 0 fully saturated rings. The maximum Gasteiger partial charge on any atom is 0.437 e. The summed E-state index contributed by atoms with van der Waals surface area (Å²) in [5, 5.41) is 5.97. The maximum absolute atomic E-state index is 11.0. The van der Waals surface area contributed by atoms with Gasteiger partial charge >= 0.3 is 6.09 Å². The van der Waals surface area contributed by atoms with Crippen LogP contribution in [0.3, 0.4) is 0 Å². The Morgan fingerprint density at radius 2 is 2.21 bits per heavy atom. The van der Waals surface area contributed by atoms with Crippen molar-refractivity contribution in [3.63, 3.8) is 0 Å². The van der Waals surface area contributed by atoms with Gasteiger partial charge in [0.15, 0.2) is 0 Å². The van der Waals surface area contributed by atoms with E-state index in [1.807, 2.05) is 25.1 Å². The molecule has 14 heavy (non-hydrogen) atoms. The van der Waals surface area contributed by atoms with Gasteiger partial charge in [0, 0.05) is 11.9 Å². The predicted octanol–water partition coefficient (Wildman–Crippen LogP) is 2.63. The van der Waals surface area contributed by atoms with E-state index in [1.54, 1.807) is 12.1 Å².